The summed E-state index contributed by atoms with van der Waals surface area (Å²) in [5, 5.41) is 7.52. The lowest BCUT2D eigenvalue weighted by atomic mass is 10.1. The molecule has 3 aromatic rings. The minimum Gasteiger partial charge on any atom is -0.471 e. The van der Waals surface area contributed by atoms with Gasteiger partial charge in [-0.05, 0) is 49.2 Å². The molecule has 168 valence electrons. The predicted molar refractivity (Wildman–Crippen MR) is 120 cm³/mol. The highest BCUT2D eigenvalue weighted by Gasteiger charge is 2.26. The molecule has 0 aliphatic rings. The molecule has 0 atom stereocenters. The van der Waals surface area contributed by atoms with Crippen LogP contribution in [0.15, 0.2) is 36.5 Å². The zero-order valence-electron chi connectivity index (χ0n) is 17.4. The summed E-state index contributed by atoms with van der Waals surface area (Å²) < 4.78 is 12.2. The number of carbonyl (C=O) groups is 3. The van der Waals surface area contributed by atoms with Crippen LogP contribution in [0.5, 0.6) is 5.75 Å². The number of rotatable bonds is 9. The Balaban J connectivity index is 1.81. The van der Waals surface area contributed by atoms with Gasteiger partial charge in [0.2, 0.25) is 0 Å². The van der Waals surface area contributed by atoms with Gasteiger partial charge in [-0.3, -0.25) is 9.59 Å². The molecule has 0 aliphatic carbocycles. The monoisotopic (exact) mass is 476 g/mol. The second kappa shape index (κ2) is 10.3. The lowest BCUT2D eigenvalue weighted by Gasteiger charge is -2.11. The Morgan fingerprint density at radius 1 is 1.22 bits per heavy atom. The highest BCUT2D eigenvalue weighted by atomic mass is 35.5. The zero-order valence-corrected chi connectivity index (χ0v) is 19.0. The van der Waals surface area contributed by atoms with Crippen molar-refractivity contribution >= 4 is 45.7 Å². The summed E-state index contributed by atoms with van der Waals surface area (Å²) in [7, 11) is 0. The van der Waals surface area contributed by atoms with Crippen LogP contribution >= 0.6 is 22.9 Å². The fourth-order valence-electron chi connectivity index (χ4n) is 2.81. The molecule has 9 nitrogen and oxygen atoms in total. The lowest BCUT2D eigenvalue weighted by Crippen LogP contribution is -2.20. The number of benzene rings is 1. The van der Waals surface area contributed by atoms with E-state index in [1.807, 2.05) is 6.92 Å². The Bertz CT molecular complexity index is 1140. The Morgan fingerprint density at radius 2 is 1.94 bits per heavy atom. The smallest absolute Gasteiger partial charge is 0.341 e. The van der Waals surface area contributed by atoms with Gasteiger partial charge in [-0.2, -0.15) is 5.10 Å². The highest BCUT2D eigenvalue weighted by Crippen LogP contribution is 2.34. The number of primary amides is 1. The van der Waals surface area contributed by atoms with Crippen LogP contribution in [-0.4, -0.2) is 34.2 Å². The fourth-order valence-corrected chi connectivity index (χ4v) is 3.98. The van der Waals surface area contributed by atoms with Gasteiger partial charge >= 0.3 is 5.97 Å². The molecular weight excluding hydrogens is 456 g/mol. The largest absolute Gasteiger partial charge is 0.471 e. The van der Waals surface area contributed by atoms with Crippen molar-refractivity contribution in [2.24, 2.45) is 5.73 Å². The highest BCUT2D eigenvalue weighted by molar-refractivity contribution is 7.18. The molecule has 3 rings (SSSR count). The van der Waals surface area contributed by atoms with E-state index < -0.39 is 17.8 Å². The molecule has 0 aliphatic heterocycles. The van der Waals surface area contributed by atoms with E-state index in [0.29, 0.717) is 22.8 Å². The van der Waals surface area contributed by atoms with Gasteiger partial charge in [0.15, 0.2) is 6.73 Å². The number of nitrogens with two attached hydrogens (primary N) is 1. The maximum absolute atomic E-state index is 12.9. The van der Waals surface area contributed by atoms with Crippen molar-refractivity contribution < 1.29 is 23.9 Å². The topological polar surface area (TPSA) is 126 Å². The quantitative estimate of drug-likeness (QED) is 0.451. The van der Waals surface area contributed by atoms with Gasteiger partial charge in [-0.25, -0.2) is 9.48 Å². The molecular formula is C21H21ClN4O5S. The molecule has 0 bridgehead atoms. The van der Waals surface area contributed by atoms with E-state index in [9.17, 15) is 14.4 Å². The predicted octanol–water partition coefficient (Wildman–Crippen LogP) is 3.86. The number of amides is 2. The van der Waals surface area contributed by atoms with Gasteiger partial charge in [0, 0.05) is 11.2 Å². The van der Waals surface area contributed by atoms with Gasteiger partial charge in [0.05, 0.1) is 17.0 Å². The number of ether oxygens (including phenoxy) is 2. The number of nitrogens with zero attached hydrogens (tertiary/aromatic N) is 2. The van der Waals surface area contributed by atoms with E-state index in [1.165, 1.54) is 16.9 Å². The molecule has 0 spiro atoms. The third-order valence-electron chi connectivity index (χ3n) is 4.36. The first-order valence-electron chi connectivity index (χ1n) is 9.63. The summed E-state index contributed by atoms with van der Waals surface area (Å²) in [5.74, 6) is -1.32. The molecule has 11 heteroatoms. The van der Waals surface area contributed by atoms with Crippen LogP contribution in [0.4, 0.5) is 5.00 Å². The summed E-state index contributed by atoms with van der Waals surface area (Å²) in [6.07, 6.45) is 2.08. The Labute approximate surface area is 193 Å². The van der Waals surface area contributed by atoms with E-state index >= 15 is 0 Å². The van der Waals surface area contributed by atoms with Crippen molar-refractivity contribution in [3.05, 3.63) is 63.2 Å². The minimum atomic E-state index is -0.695. The van der Waals surface area contributed by atoms with Gasteiger partial charge in [0.1, 0.15) is 16.4 Å². The molecule has 2 amide bonds. The molecule has 2 heterocycles. The molecule has 0 radical (unpaired) electrons. The van der Waals surface area contributed by atoms with Crippen molar-refractivity contribution in [1.82, 2.24) is 9.78 Å². The van der Waals surface area contributed by atoms with E-state index in [1.54, 1.807) is 31.2 Å². The minimum absolute atomic E-state index is 0.0290. The number of aromatic nitrogens is 2. The maximum Gasteiger partial charge on any atom is 0.341 e. The van der Waals surface area contributed by atoms with Crippen molar-refractivity contribution in [1.29, 1.82) is 0 Å². The lowest BCUT2D eigenvalue weighted by molar-refractivity contribution is 0.0506. The first-order valence-corrected chi connectivity index (χ1v) is 10.8. The molecule has 0 saturated heterocycles. The van der Waals surface area contributed by atoms with E-state index in [4.69, 9.17) is 26.8 Å². The number of esters is 1. The van der Waals surface area contributed by atoms with E-state index in [2.05, 4.69) is 10.4 Å². The summed E-state index contributed by atoms with van der Waals surface area (Å²) in [6.45, 7) is 3.62. The Hall–Kier alpha value is -3.37. The summed E-state index contributed by atoms with van der Waals surface area (Å²) in [5.41, 5.74) is 6.08. The maximum atomic E-state index is 12.9. The van der Waals surface area contributed by atoms with Gasteiger partial charge < -0.3 is 20.5 Å². The molecule has 0 saturated carbocycles. The van der Waals surface area contributed by atoms with Crippen molar-refractivity contribution in [3.8, 4) is 5.75 Å². The second-order valence-electron chi connectivity index (χ2n) is 6.66. The molecule has 32 heavy (non-hydrogen) atoms. The van der Waals surface area contributed by atoms with Crippen LogP contribution in [0.3, 0.4) is 0 Å². The summed E-state index contributed by atoms with van der Waals surface area (Å²) in [4.78, 5) is 37.4. The average molecular weight is 477 g/mol. The number of carbonyl (C=O) groups excluding carboxylic acids is 3. The fraction of sp³-hybridized carbons (Fsp3) is 0.238. The van der Waals surface area contributed by atoms with Crippen molar-refractivity contribution in [2.45, 2.75) is 27.0 Å². The van der Waals surface area contributed by atoms with Crippen molar-refractivity contribution in [3.63, 3.8) is 0 Å². The molecule has 0 unspecified atom stereocenters. The zero-order chi connectivity index (χ0) is 23.3. The standard InChI is InChI=1S/C21H21ClN4O5S/c1-3-10-30-21(29)16-12(2)17(18(23)27)32-20(16)25-19(28)15-8-9-24-26(15)11-31-14-6-4-13(22)5-7-14/h4-9H,3,10-11H2,1-2H3,(H2,23,27)(H,25,28). The van der Waals surface area contributed by atoms with E-state index in [0.717, 1.165) is 11.3 Å². The van der Waals surface area contributed by atoms with Crippen LogP contribution in [-0.2, 0) is 11.5 Å². The average Bonchev–Trinajstić information content (AvgIpc) is 3.36. The third kappa shape index (κ3) is 5.27. The molecule has 0 fully saturated rings. The Morgan fingerprint density at radius 3 is 2.59 bits per heavy atom. The second-order valence-corrected chi connectivity index (χ2v) is 8.12. The van der Waals surface area contributed by atoms with Crippen molar-refractivity contribution in [2.75, 3.05) is 11.9 Å². The SMILES string of the molecule is CCCOC(=O)c1c(NC(=O)c2ccnn2COc2ccc(Cl)cc2)sc(C(N)=O)c1C. The van der Waals surface area contributed by atoms with E-state index in [-0.39, 0.29) is 34.5 Å². The van der Waals surface area contributed by atoms with Crippen LogP contribution in [0.25, 0.3) is 0 Å². The number of thiophene rings is 1. The number of nitrogens with one attached hydrogen (secondary N) is 1. The van der Waals surface area contributed by atoms with Gasteiger partial charge in [0.25, 0.3) is 11.8 Å². The molecule has 1 aromatic carbocycles. The van der Waals surface area contributed by atoms with Crippen LogP contribution in [0.1, 0.15) is 49.4 Å². The number of hydrogen-bond donors (Lipinski definition) is 2. The Kier molecular flexibility index (Phi) is 7.49. The van der Waals surface area contributed by atoms with Crippen LogP contribution in [0.2, 0.25) is 5.02 Å². The van der Waals surface area contributed by atoms with Crippen LogP contribution < -0.4 is 15.8 Å². The normalized spacial score (nSPS) is 10.6. The molecule has 2 aromatic heterocycles. The van der Waals surface area contributed by atoms with Gasteiger partial charge in [-0.1, -0.05) is 18.5 Å². The summed E-state index contributed by atoms with van der Waals surface area (Å²) in [6, 6.07) is 8.26. The number of anilines is 1. The number of hydrogen-bond acceptors (Lipinski definition) is 7. The first kappa shape index (κ1) is 23.3. The summed E-state index contributed by atoms with van der Waals surface area (Å²) >= 11 is 6.78. The first-order chi connectivity index (χ1) is 15.3. The third-order valence-corrected chi connectivity index (χ3v) is 5.83. The van der Waals surface area contributed by atoms with Crippen LogP contribution in [0, 0.1) is 6.92 Å². The molecule has 3 N–H and O–H groups in total. The number of halogens is 1. The van der Waals surface area contributed by atoms with Gasteiger partial charge in [-0.15, -0.1) is 11.3 Å².